The summed E-state index contributed by atoms with van der Waals surface area (Å²) in [5, 5.41) is 6.31. The Hall–Kier alpha value is -0.810. The average molecular weight is 497 g/mol. The third kappa shape index (κ3) is 8.82. The van der Waals surface area contributed by atoms with Crippen LogP contribution < -0.4 is 10.6 Å². The van der Waals surface area contributed by atoms with Gasteiger partial charge in [0, 0.05) is 32.7 Å². The Kier molecular flexibility index (Phi) is 10.1. The van der Waals surface area contributed by atoms with E-state index < -0.39 is 5.60 Å². The molecule has 0 aromatic heterocycles. The van der Waals surface area contributed by atoms with Crippen LogP contribution in [0, 0.1) is 0 Å². The van der Waals surface area contributed by atoms with Gasteiger partial charge in [-0.1, -0.05) is 0 Å². The number of hydrogen-bond donors (Lipinski definition) is 2. The van der Waals surface area contributed by atoms with Crippen LogP contribution in [0.2, 0.25) is 0 Å². The molecule has 0 bridgehead atoms. The number of alkyl carbamates (subject to hydrolysis) is 1. The first-order valence-corrected chi connectivity index (χ1v) is 9.59. The third-order valence-corrected chi connectivity index (χ3v) is 4.33. The van der Waals surface area contributed by atoms with Gasteiger partial charge in [-0.2, -0.15) is 0 Å². The number of nitrogens with zero attached hydrogens (tertiary/aromatic N) is 3. The fourth-order valence-corrected chi connectivity index (χ4v) is 3.14. The van der Waals surface area contributed by atoms with Crippen LogP contribution >= 0.6 is 24.0 Å². The molecular weight excluding hydrogens is 461 g/mol. The molecule has 2 atom stereocenters. The van der Waals surface area contributed by atoms with Gasteiger partial charge >= 0.3 is 6.09 Å². The minimum atomic E-state index is -0.480. The first-order chi connectivity index (χ1) is 12.3. The van der Waals surface area contributed by atoms with Gasteiger partial charge in [0.1, 0.15) is 5.60 Å². The van der Waals surface area contributed by atoms with E-state index in [0.29, 0.717) is 6.54 Å². The molecule has 2 fully saturated rings. The first kappa shape index (κ1) is 24.2. The minimum Gasteiger partial charge on any atom is -0.444 e. The number of amides is 1. The first-order valence-electron chi connectivity index (χ1n) is 9.59. The molecule has 0 aromatic carbocycles. The van der Waals surface area contributed by atoms with Crippen molar-refractivity contribution in [3.8, 4) is 0 Å². The highest BCUT2D eigenvalue weighted by Crippen LogP contribution is 2.12. The second-order valence-electron chi connectivity index (χ2n) is 8.03. The van der Waals surface area contributed by atoms with Crippen molar-refractivity contribution in [3.05, 3.63) is 0 Å². The maximum atomic E-state index is 12.0. The molecule has 2 heterocycles. The van der Waals surface area contributed by atoms with Crippen LogP contribution in [0.3, 0.4) is 0 Å². The molecule has 1 amide bonds. The molecule has 8 nitrogen and oxygen atoms in total. The van der Waals surface area contributed by atoms with Crippen LogP contribution in [0.25, 0.3) is 0 Å². The Morgan fingerprint density at radius 3 is 2.67 bits per heavy atom. The lowest BCUT2D eigenvalue weighted by Gasteiger charge is -2.29. The predicted molar refractivity (Wildman–Crippen MR) is 118 cm³/mol. The van der Waals surface area contributed by atoms with Crippen LogP contribution in [0.15, 0.2) is 4.99 Å². The van der Waals surface area contributed by atoms with Gasteiger partial charge in [-0.25, -0.2) is 4.79 Å². The van der Waals surface area contributed by atoms with Crippen LogP contribution in [0.1, 0.15) is 34.1 Å². The largest absolute Gasteiger partial charge is 0.444 e. The molecule has 2 saturated heterocycles. The number of likely N-dealkylation sites (N-methyl/N-ethyl adjacent to an activating group) is 1. The number of nitrogens with one attached hydrogen (secondary N) is 2. The summed E-state index contributed by atoms with van der Waals surface area (Å²) in [4.78, 5) is 21.2. The van der Waals surface area contributed by atoms with Gasteiger partial charge in [0.25, 0.3) is 0 Å². The molecule has 2 aliphatic heterocycles. The Morgan fingerprint density at radius 1 is 1.30 bits per heavy atom. The molecule has 2 N–H and O–H groups in total. The van der Waals surface area contributed by atoms with Gasteiger partial charge in [-0.05, 0) is 41.2 Å². The molecule has 27 heavy (non-hydrogen) atoms. The predicted octanol–water partition coefficient (Wildman–Crippen LogP) is 1.50. The molecule has 2 aliphatic rings. The molecular formula is C18H36IN5O3. The number of carbonyl (C=O) groups is 1. The summed E-state index contributed by atoms with van der Waals surface area (Å²) in [5.74, 6) is 0.887. The van der Waals surface area contributed by atoms with Gasteiger partial charge in [0.2, 0.25) is 0 Å². The summed E-state index contributed by atoms with van der Waals surface area (Å²) >= 11 is 0. The van der Waals surface area contributed by atoms with Crippen molar-refractivity contribution in [2.75, 3.05) is 52.9 Å². The zero-order valence-electron chi connectivity index (χ0n) is 17.3. The molecule has 2 unspecified atom stereocenters. The van der Waals surface area contributed by atoms with Gasteiger partial charge in [-0.15, -0.1) is 24.0 Å². The SMILES string of the molecule is CCNC(=NCC1CN(C)CCO1)N1CCC(NC(=O)OC(C)(C)C)C1.I. The smallest absolute Gasteiger partial charge is 0.407 e. The Morgan fingerprint density at radius 2 is 2.04 bits per heavy atom. The lowest BCUT2D eigenvalue weighted by atomic mass is 10.2. The van der Waals surface area contributed by atoms with E-state index in [1.807, 2.05) is 20.8 Å². The van der Waals surface area contributed by atoms with E-state index in [4.69, 9.17) is 14.5 Å². The van der Waals surface area contributed by atoms with Crippen LogP contribution in [-0.4, -0.2) is 92.5 Å². The monoisotopic (exact) mass is 497 g/mol. The second-order valence-corrected chi connectivity index (χ2v) is 8.03. The highest BCUT2D eigenvalue weighted by molar-refractivity contribution is 14.0. The van der Waals surface area contributed by atoms with E-state index in [-0.39, 0.29) is 42.2 Å². The molecule has 0 spiro atoms. The zero-order chi connectivity index (χ0) is 19.2. The third-order valence-electron chi connectivity index (χ3n) is 4.33. The summed E-state index contributed by atoms with van der Waals surface area (Å²) in [6, 6.07) is 0.0748. The number of halogens is 1. The van der Waals surface area contributed by atoms with Crippen molar-refractivity contribution in [1.29, 1.82) is 0 Å². The fraction of sp³-hybridized carbons (Fsp3) is 0.889. The highest BCUT2D eigenvalue weighted by atomic mass is 127. The lowest BCUT2D eigenvalue weighted by Crippen LogP contribution is -2.45. The zero-order valence-corrected chi connectivity index (χ0v) is 19.6. The van der Waals surface area contributed by atoms with E-state index in [0.717, 1.165) is 51.7 Å². The van der Waals surface area contributed by atoms with E-state index in [9.17, 15) is 4.79 Å². The minimum absolute atomic E-state index is 0. The molecule has 158 valence electrons. The molecule has 0 saturated carbocycles. The van der Waals surface area contributed by atoms with Crippen LogP contribution in [-0.2, 0) is 9.47 Å². The molecule has 0 radical (unpaired) electrons. The Bertz CT molecular complexity index is 498. The van der Waals surface area contributed by atoms with Gasteiger partial charge in [0.15, 0.2) is 5.96 Å². The van der Waals surface area contributed by atoms with Crippen molar-refractivity contribution in [3.63, 3.8) is 0 Å². The average Bonchev–Trinajstić information content (AvgIpc) is 2.97. The summed E-state index contributed by atoms with van der Waals surface area (Å²) in [6.45, 7) is 13.4. The number of hydrogen-bond acceptors (Lipinski definition) is 5. The van der Waals surface area contributed by atoms with Crippen molar-refractivity contribution in [2.45, 2.75) is 51.9 Å². The summed E-state index contributed by atoms with van der Waals surface area (Å²) in [6.07, 6.45) is 0.664. The number of likely N-dealkylation sites (tertiary alicyclic amines) is 1. The van der Waals surface area contributed by atoms with Crippen molar-refractivity contribution in [1.82, 2.24) is 20.4 Å². The van der Waals surface area contributed by atoms with Gasteiger partial charge in [0.05, 0.1) is 25.3 Å². The normalized spacial score (nSPS) is 24.3. The van der Waals surface area contributed by atoms with Crippen molar-refractivity contribution < 1.29 is 14.3 Å². The van der Waals surface area contributed by atoms with Crippen LogP contribution in [0.4, 0.5) is 4.79 Å². The highest BCUT2D eigenvalue weighted by Gasteiger charge is 2.28. The maximum Gasteiger partial charge on any atom is 0.407 e. The number of ether oxygens (including phenoxy) is 2. The Balaban J connectivity index is 0.00000364. The second kappa shape index (κ2) is 11.3. The van der Waals surface area contributed by atoms with E-state index in [1.54, 1.807) is 0 Å². The number of guanidine groups is 1. The van der Waals surface area contributed by atoms with E-state index in [1.165, 1.54) is 0 Å². The van der Waals surface area contributed by atoms with E-state index >= 15 is 0 Å². The lowest BCUT2D eigenvalue weighted by molar-refractivity contribution is -0.0137. The standard InChI is InChI=1S/C18H35N5O3.HI/c1-6-19-16(20-11-15-13-22(5)9-10-25-15)23-8-7-14(12-23)21-17(24)26-18(2,3)4;/h14-15H,6-13H2,1-5H3,(H,19,20)(H,21,24);1H. The summed E-state index contributed by atoms with van der Waals surface area (Å²) < 4.78 is 11.1. The number of morpholine rings is 1. The summed E-state index contributed by atoms with van der Waals surface area (Å²) in [7, 11) is 2.11. The molecule has 0 aliphatic carbocycles. The molecule has 0 aromatic rings. The molecule has 9 heteroatoms. The van der Waals surface area contributed by atoms with Gasteiger partial charge < -0.3 is 29.9 Å². The summed E-state index contributed by atoms with van der Waals surface area (Å²) in [5.41, 5.74) is -0.480. The van der Waals surface area contributed by atoms with Crippen LogP contribution in [0.5, 0.6) is 0 Å². The number of rotatable bonds is 4. The quantitative estimate of drug-likeness (QED) is 0.348. The Labute approximate surface area is 180 Å². The fourth-order valence-electron chi connectivity index (χ4n) is 3.14. The van der Waals surface area contributed by atoms with Crippen molar-refractivity contribution in [2.24, 2.45) is 4.99 Å². The topological polar surface area (TPSA) is 78.4 Å². The molecule has 2 rings (SSSR count). The van der Waals surface area contributed by atoms with Gasteiger partial charge in [-0.3, -0.25) is 4.99 Å². The van der Waals surface area contributed by atoms with Crippen molar-refractivity contribution >= 4 is 36.0 Å². The maximum absolute atomic E-state index is 12.0. The number of aliphatic imine (C=N–C) groups is 1. The number of carbonyl (C=O) groups excluding carboxylic acids is 1. The van der Waals surface area contributed by atoms with E-state index in [2.05, 4.69) is 34.4 Å².